The fourth-order valence-corrected chi connectivity index (χ4v) is 4.45. The highest BCUT2D eigenvalue weighted by Crippen LogP contribution is 2.47. The van der Waals surface area contributed by atoms with Crippen molar-refractivity contribution in [2.75, 3.05) is 25.0 Å². The maximum absolute atomic E-state index is 13.5. The molecule has 0 aromatic carbocycles. The van der Waals surface area contributed by atoms with Gasteiger partial charge in [-0.05, 0) is 63.6 Å². The van der Waals surface area contributed by atoms with Gasteiger partial charge in [0.2, 0.25) is 5.95 Å². The molecule has 4 rings (SSSR count). The number of nitrogens with zero attached hydrogens (tertiary/aromatic N) is 4. The van der Waals surface area contributed by atoms with Crippen LogP contribution in [-0.2, 0) is 0 Å². The Bertz CT molecular complexity index is 870. The number of carbonyl (C=O) groups excluding carboxylic acids is 1. The molecule has 2 aromatic heterocycles. The number of hydrogen-bond acceptors (Lipinski definition) is 6. The predicted octanol–water partition coefficient (Wildman–Crippen LogP) is 2.99. The standard InChI is InChI=1S/C21H27N5O2/c1-4-28-17-6-5-15(3)25-18(17)19(27)26-12-16-7-8-21(26,9-16)13-24-20-22-10-14(2)11-23-20/h5-6,10-11,16H,4,7-9,12-13H2,1-3H3,(H,22,23,24). The predicted molar refractivity (Wildman–Crippen MR) is 107 cm³/mol. The van der Waals surface area contributed by atoms with E-state index in [1.54, 1.807) is 12.4 Å². The number of amides is 1. The first-order valence-corrected chi connectivity index (χ1v) is 9.96. The number of piperidine rings is 1. The zero-order valence-electron chi connectivity index (χ0n) is 16.7. The van der Waals surface area contributed by atoms with E-state index in [0.717, 1.165) is 37.1 Å². The highest BCUT2D eigenvalue weighted by atomic mass is 16.5. The molecule has 1 aliphatic carbocycles. The van der Waals surface area contributed by atoms with Crippen molar-refractivity contribution in [2.24, 2.45) is 5.92 Å². The van der Waals surface area contributed by atoms with Gasteiger partial charge in [0.1, 0.15) is 0 Å². The average Bonchev–Trinajstić information content (AvgIpc) is 3.27. The van der Waals surface area contributed by atoms with E-state index in [9.17, 15) is 4.79 Å². The number of fused-ring (bicyclic) bond motifs is 2. The third-order valence-electron chi connectivity index (χ3n) is 5.80. The number of ether oxygens (including phenoxy) is 1. The molecule has 2 atom stereocenters. The van der Waals surface area contributed by atoms with E-state index in [-0.39, 0.29) is 11.4 Å². The van der Waals surface area contributed by atoms with Crippen molar-refractivity contribution in [3.63, 3.8) is 0 Å². The van der Waals surface area contributed by atoms with Crippen molar-refractivity contribution in [3.8, 4) is 5.75 Å². The van der Waals surface area contributed by atoms with Gasteiger partial charge >= 0.3 is 0 Å². The second-order valence-corrected chi connectivity index (χ2v) is 7.92. The molecule has 28 heavy (non-hydrogen) atoms. The van der Waals surface area contributed by atoms with Gasteiger partial charge in [0.15, 0.2) is 11.4 Å². The van der Waals surface area contributed by atoms with Crippen LogP contribution in [0.15, 0.2) is 24.5 Å². The molecule has 2 bridgehead atoms. The molecule has 1 amide bonds. The normalized spacial score (nSPS) is 23.1. The molecule has 3 heterocycles. The van der Waals surface area contributed by atoms with Crippen molar-refractivity contribution >= 4 is 11.9 Å². The summed E-state index contributed by atoms with van der Waals surface area (Å²) in [6, 6.07) is 3.72. The average molecular weight is 381 g/mol. The summed E-state index contributed by atoms with van der Waals surface area (Å²) in [5, 5.41) is 3.35. The number of aromatic nitrogens is 3. The summed E-state index contributed by atoms with van der Waals surface area (Å²) < 4.78 is 5.68. The number of pyridine rings is 1. The third-order valence-corrected chi connectivity index (χ3v) is 5.80. The first-order chi connectivity index (χ1) is 13.5. The Labute approximate surface area is 165 Å². The van der Waals surface area contributed by atoms with Gasteiger partial charge in [-0.3, -0.25) is 4.79 Å². The van der Waals surface area contributed by atoms with Gasteiger partial charge in [0.25, 0.3) is 5.91 Å². The van der Waals surface area contributed by atoms with Crippen LogP contribution in [-0.4, -0.2) is 51.0 Å². The Morgan fingerprint density at radius 1 is 1.32 bits per heavy atom. The van der Waals surface area contributed by atoms with Gasteiger partial charge in [-0.1, -0.05) is 0 Å². The van der Waals surface area contributed by atoms with Gasteiger partial charge in [-0.2, -0.15) is 0 Å². The highest BCUT2D eigenvalue weighted by molar-refractivity contribution is 5.96. The van der Waals surface area contributed by atoms with Crippen molar-refractivity contribution < 1.29 is 9.53 Å². The number of hydrogen-bond donors (Lipinski definition) is 1. The minimum atomic E-state index is -0.217. The van der Waals surface area contributed by atoms with Gasteiger partial charge in [-0.15, -0.1) is 0 Å². The first kappa shape index (κ1) is 18.7. The summed E-state index contributed by atoms with van der Waals surface area (Å²) in [6.45, 7) is 7.70. The SMILES string of the molecule is CCOc1ccc(C)nc1C(=O)N1CC2CCC1(CNc1ncc(C)cn1)C2. The van der Waals surface area contributed by atoms with Crippen LogP contribution in [0.25, 0.3) is 0 Å². The lowest BCUT2D eigenvalue weighted by atomic mass is 9.96. The zero-order chi connectivity index (χ0) is 19.7. The fraction of sp³-hybridized carbons (Fsp3) is 0.524. The Morgan fingerprint density at radius 2 is 2.11 bits per heavy atom. The molecule has 148 valence electrons. The minimum absolute atomic E-state index is 0.0408. The Morgan fingerprint density at radius 3 is 2.82 bits per heavy atom. The summed E-state index contributed by atoms with van der Waals surface area (Å²) in [4.78, 5) is 28.7. The molecule has 7 heteroatoms. The number of carbonyl (C=O) groups is 1. The number of rotatable bonds is 6. The van der Waals surface area contributed by atoms with E-state index < -0.39 is 0 Å². The second kappa shape index (κ2) is 7.37. The van der Waals surface area contributed by atoms with E-state index in [0.29, 0.717) is 36.5 Å². The second-order valence-electron chi connectivity index (χ2n) is 7.92. The van der Waals surface area contributed by atoms with Crippen LogP contribution in [0.4, 0.5) is 5.95 Å². The number of aryl methyl sites for hydroxylation is 2. The quantitative estimate of drug-likeness (QED) is 0.829. The molecule has 7 nitrogen and oxygen atoms in total. The van der Waals surface area contributed by atoms with E-state index in [1.165, 1.54) is 0 Å². The molecule has 0 radical (unpaired) electrons. The smallest absolute Gasteiger partial charge is 0.276 e. The molecule has 2 aliphatic rings. The minimum Gasteiger partial charge on any atom is -0.491 e. The molecule has 2 aromatic rings. The summed E-state index contributed by atoms with van der Waals surface area (Å²) in [5.74, 6) is 1.67. The van der Waals surface area contributed by atoms with E-state index in [2.05, 4.69) is 20.3 Å². The Hall–Kier alpha value is -2.70. The maximum Gasteiger partial charge on any atom is 0.276 e. The summed E-state index contributed by atoms with van der Waals surface area (Å²) in [7, 11) is 0. The van der Waals surface area contributed by atoms with E-state index in [4.69, 9.17) is 4.74 Å². The summed E-state index contributed by atoms with van der Waals surface area (Å²) >= 11 is 0. The molecule has 1 N–H and O–H groups in total. The van der Waals surface area contributed by atoms with E-state index >= 15 is 0 Å². The number of likely N-dealkylation sites (tertiary alicyclic amines) is 1. The van der Waals surface area contributed by atoms with Gasteiger partial charge in [0.05, 0.1) is 12.1 Å². The van der Waals surface area contributed by atoms with Crippen LogP contribution in [0.3, 0.4) is 0 Å². The largest absolute Gasteiger partial charge is 0.491 e. The molecule has 1 aliphatic heterocycles. The van der Waals surface area contributed by atoms with E-state index in [1.807, 2.05) is 37.8 Å². The molecule has 2 unspecified atom stereocenters. The maximum atomic E-state index is 13.5. The molecule has 1 saturated carbocycles. The molecular weight excluding hydrogens is 354 g/mol. The van der Waals surface area contributed by atoms with Crippen LogP contribution in [0.2, 0.25) is 0 Å². The summed E-state index contributed by atoms with van der Waals surface area (Å²) in [6.07, 6.45) is 6.74. The third kappa shape index (κ3) is 3.41. The number of anilines is 1. The van der Waals surface area contributed by atoms with Crippen LogP contribution in [0.1, 0.15) is 47.9 Å². The lowest BCUT2D eigenvalue weighted by molar-refractivity contribution is 0.0556. The molecule has 1 saturated heterocycles. The lowest BCUT2D eigenvalue weighted by Crippen LogP contribution is -2.52. The van der Waals surface area contributed by atoms with Crippen molar-refractivity contribution in [3.05, 3.63) is 41.5 Å². The Balaban J connectivity index is 1.57. The summed E-state index contributed by atoms with van der Waals surface area (Å²) in [5.41, 5.74) is 2.04. The van der Waals surface area contributed by atoms with Crippen LogP contribution >= 0.6 is 0 Å². The Kier molecular flexibility index (Phi) is 4.91. The van der Waals surface area contributed by atoms with Crippen LogP contribution in [0.5, 0.6) is 5.75 Å². The van der Waals surface area contributed by atoms with Crippen LogP contribution < -0.4 is 10.1 Å². The van der Waals surface area contributed by atoms with Crippen molar-refractivity contribution in [1.29, 1.82) is 0 Å². The van der Waals surface area contributed by atoms with Crippen LogP contribution in [0, 0.1) is 19.8 Å². The molecular formula is C21H27N5O2. The van der Waals surface area contributed by atoms with Gasteiger partial charge in [0, 0.05) is 31.2 Å². The van der Waals surface area contributed by atoms with Crippen molar-refractivity contribution in [1.82, 2.24) is 19.9 Å². The topological polar surface area (TPSA) is 80.2 Å². The fourth-order valence-electron chi connectivity index (χ4n) is 4.45. The van der Waals surface area contributed by atoms with Gasteiger partial charge in [-0.25, -0.2) is 15.0 Å². The highest BCUT2D eigenvalue weighted by Gasteiger charge is 2.53. The van der Waals surface area contributed by atoms with Crippen molar-refractivity contribution in [2.45, 2.75) is 45.6 Å². The zero-order valence-corrected chi connectivity index (χ0v) is 16.7. The first-order valence-electron chi connectivity index (χ1n) is 9.96. The number of nitrogens with one attached hydrogen (secondary N) is 1. The monoisotopic (exact) mass is 381 g/mol. The lowest BCUT2D eigenvalue weighted by Gasteiger charge is -2.39. The molecule has 0 spiro atoms. The van der Waals surface area contributed by atoms with Gasteiger partial charge < -0.3 is 15.0 Å². The molecule has 2 fully saturated rings.